The third-order valence-corrected chi connectivity index (χ3v) is 7.04. The molecule has 2 fully saturated rings. The summed E-state index contributed by atoms with van der Waals surface area (Å²) in [6, 6.07) is 15.9. The van der Waals surface area contributed by atoms with Crippen LogP contribution in [0, 0.1) is 0 Å². The van der Waals surface area contributed by atoms with Crippen LogP contribution >= 0.6 is 0 Å². The molecule has 1 heterocycles. The number of urea groups is 1. The Bertz CT molecular complexity index is 973. The molecule has 2 aliphatic rings. The minimum Gasteiger partial charge on any atom is -0.392 e. The molecule has 0 unspecified atom stereocenters. The minimum absolute atomic E-state index is 0.0000446. The summed E-state index contributed by atoms with van der Waals surface area (Å²) in [5, 5.41) is 15.0. The molecule has 0 aromatic heterocycles. The third kappa shape index (κ3) is 6.95. The Kier molecular flexibility index (Phi) is 9.53. The highest BCUT2D eigenvalue weighted by atomic mass is 16.7. The van der Waals surface area contributed by atoms with Gasteiger partial charge in [-0.25, -0.2) is 4.79 Å². The van der Waals surface area contributed by atoms with Crippen LogP contribution < -0.4 is 10.6 Å². The zero-order valence-corrected chi connectivity index (χ0v) is 21.2. The molecule has 7 heteroatoms. The molecule has 0 bridgehead atoms. The quantitative estimate of drug-likeness (QED) is 0.392. The van der Waals surface area contributed by atoms with Gasteiger partial charge in [-0.3, -0.25) is 4.90 Å². The average molecular weight is 494 g/mol. The molecule has 2 aromatic carbocycles. The second-order valence-electron chi connectivity index (χ2n) is 9.64. The van der Waals surface area contributed by atoms with E-state index in [1.807, 2.05) is 61.5 Å². The molecule has 0 radical (unpaired) electrons. The van der Waals surface area contributed by atoms with Crippen molar-refractivity contribution in [3.8, 4) is 0 Å². The first-order chi connectivity index (χ1) is 17.6. The van der Waals surface area contributed by atoms with Gasteiger partial charge in [-0.2, -0.15) is 0 Å². The van der Waals surface area contributed by atoms with Gasteiger partial charge in [0.05, 0.1) is 18.8 Å². The summed E-state index contributed by atoms with van der Waals surface area (Å²) < 4.78 is 13.0. The lowest BCUT2D eigenvalue weighted by Gasteiger charge is -2.39. The smallest absolute Gasteiger partial charge is 0.319 e. The maximum Gasteiger partial charge on any atom is 0.319 e. The summed E-state index contributed by atoms with van der Waals surface area (Å²) in [5.41, 5.74) is 3.59. The third-order valence-electron chi connectivity index (χ3n) is 7.04. The Hall–Kier alpha value is -2.71. The average Bonchev–Trinajstić information content (AvgIpc) is 3.44. The van der Waals surface area contributed by atoms with Crippen LogP contribution in [0.25, 0.3) is 0 Å². The van der Waals surface area contributed by atoms with Crippen molar-refractivity contribution in [3.05, 3.63) is 77.9 Å². The van der Waals surface area contributed by atoms with Crippen molar-refractivity contribution in [2.24, 2.45) is 0 Å². The van der Waals surface area contributed by atoms with E-state index >= 15 is 0 Å². The Morgan fingerprint density at radius 2 is 1.78 bits per heavy atom. The van der Waals surface area contributed by atoms with Gasteiger partial charge in [-0.1, -0.05) is 55.3 Å². The second-order valence-corrected chi connectivity index (χ2v) is 9.64. The molecule has 1 aliphatic heterocycles. The van der Waals surface area contributed by atoms with Crippen molar-refractivity contribution in [3.63, 3.8) is 0 Å². The van der Waals surface area contributed by atoms with E-state index in [1.54, 1.807) is 0 Å². The lowest BCUT2D eigenvalue weighted by molar-refractivity contribution is -0.253. The Balaban J connectivity index is 1.52. The van der Waals surface area contributed by atoms with E-state index < -0.39 is 6.29 Å². The SMILES string of the molecule is C=CCN(C[C@@H]1C[C@H](c2ccc(CO)cc2)O[C@H](c2ccc(NC(=O)NCC)cc2)O1)C1CCCC1. The van der Waals surface area contributed by atoms with E-state index in [2.05, 4.69) is 22.1 Å². The van der Waals surface area contributed by atoms with Crippen LogP contribution in [0.4, 0.5) is 10.5 Å². The number of ether oxygens (including phenoxy) is 2. The van der Waals surface area contributed by atoms with Crippen LogP contribution in [0.2, 0.25) is 0 Å². The summed E-state index contributed by atoms with van der Waals surface area (Å²) >= 11 is 0. The summed E-state index contributed by atoms with van der Waals surface area (Å²) in [6.45, 7) is 8.14. The fourth-order valence-corrected chi connectivity index (χ4v) is 5.16. The fraction of sp³-hybridized carbons (Fsp3) is 0.483. The van der Waals surface area contributed by atoms with Crippen molar-refractivity contribution in [1.29, 1.82) is 0 Å². The largest absolute Gasteiger partial charge is 0.392 e. The van der Waals surface area contributed by atoms with Gasteiger partial charge in [0, 0.05) is 43.3 Å². The number of aliphatic hydroxyl groups excluding tert-OH is 1. The van der Waals surface area contributed by atoms with Crippen LogP contribution in [0.1, 0.15) is 68.1 Å². The zero-order chi connectivity index (χ0) is 25.3. The predicted molar refractivity (Wildman–Crippen MR) is 142 cm³/mol. The first-order valence-corrected chi connectivity index (χ1v) is 13.1. The lowest BCUT2D eigenvalue weighted by atomic mass is 9.99. The molecule has 1 saturated heterocycles. The van der Waals surface area contributed by atoms with Crippen LogP contribution in [0.5, 0.6) is 0 Å². The summed E-state index contributed by atoms with van der Waals surface area (Å²) in [6.07, 6.45) is 7.13. The van der Waals surface area contributed by atoms with Crippen LogP contribution in [-0.2, 0) is 16.1 Å². The number of nitrogens with zero attached hydrogens (tertiary/aromatic N) is 1. The van der Waals surface area contributed by atoms with E-state index in [-0.39, 0.29) is 24.8 Å². The zero-order valence-electron chi connectivity index (χ0n) is 21.2. The van der Waals surface area contributed by atoms with E-state index in [9.17, 15) is 9.90 Å². The highest BCUT2D eigenvalue weighted by Crippen LogP contribution is 2.39. The molecular weight excluding hydrogens is 454 g/mol. The van der Waals surface area contributed by atoms with Crippen molar-refractivity contribution in [2.75, 3.05) is 25.0 Å². The van der Waals surface area contributed by atoms with Crippen LogP contribution in [0.15, 0.2) is 61.2 Å². The van der Waals surface area contributed by atoms with Crippen LogP contribution in [-0.4, -0.2) is 47.8 Å². The van der Waals surface area contributed by atoms with Crippen molar-refractivity contribution in [2.45, 2.75) is 70.2 Å². The van der Waals surface area contributed by atoms with Gasteiger partial charge in [0.15, 0.2) is 6.29 Å². The summed E-state index contributed by atoms with van der Waals surface area (Å²) in [7, 11) is 0. The summed E-state index contributed by atoms with van der Waals surface area (Å²) in [5.74, 6) is 0. The predicted octanol–water partition coefficient (Wildman–Crippen LogP) is 5.30. The lowest BCUT2D eigenvalue weighted by Crippen LogP contribution is -2.43. The van der Waals surface area contributed by atoms with Gasteiger partial charge in [-0.15, -0.1) is 6.58 Å². The second kappa shape index (κ2) is 13.0. The minimum atomic E-state index is -0.515. The molecular formula is C29H39N3O4. The Labute approximate surface area is 214 Å². The van der Waals surface area contributed by atoms with Gasteiger partial charge < -0.3 is 25.2 Å². The number of benzene rings is 2. The number of rotatable bonds is 10. The molecule has 0 spiro atoms. The highest BCUT2D eigenvalue weighted by Gasteiger charge is 2.34. The van der Waals surface area contributed by atoms with E-state index in [1.165, 1.54) is 25.7 Å². The van der Waals surface area contributed by atoms with Crippen molar-refractivity contribution < 1.29 is 19.4 Å². The monoisotopic (exact) mass is 493 g/mol. The molecule has 3 atom stereocenters. The number of carbonyl (C=O) groups is 1. The number of anilines is 1. The number of nitrogens with one attached hydrogen (secondary N) is 2. The van der Waals surface area contributed by atoms with E-state index in [4.69, 9.17) is 9.47 Å². The van der Waals surface area contributed by atoms with Crippen molar-refractivity contribution >= 4 is 11.7 Å². The normalized spacial score (nSPS) is 22.5. The topological polar surface area (TPSA) is 83.1 Å². The molecule has 3 N–H and O–H groups in total. The number of hydrogen-bond donors (Lipinski definition) is 3. The number of amides is 2. The van der Waals surface area contributed by atoms with Gasteiger partial charge in [-0.05, 0) is 43.0 Å². The molecule has 1 saturated carbocycles. The van der Waals surface area contributed by atoms with Gasteiger partial charge in [0.1, 0.15) is 0 Å². The highest BCUT2D eigenvalue weighted by molar-refractivity contribution is 5.89. The number of hydrogen-bond acceptors (Lipinski definition) is 5. The standard InChI is InChI=1S/C29H39N3O4/c1-3-17-32(25-7-5-6-8-25)19-26-18-27(22-11-9-21(20-33)10-12-22)36-28(35-26)23-13-15-24(16-14-23)31-29(34)30-4-2/h3,9-16,25-28,33H,1,4-8,17-20H2,2H3,(H2,30,31,34)/t26-,27+,28+/m0/s1. The number of carbonyl (C=O) groups excluding carboxylic acids is 1. The van der Waals surface area contributed by atoms with Gasteiger partial charge >= 0.3 is 6.03 Å². The van der Waals surface area contributed by atoms with Gasteiger partial charge in [0.25, 0.3) is 0 Å². The van der Waals surface area contributed by atoms with E-state index in [0.29, 0.717) is 18.3 Å². The van der Waals surface area contributed by atoms with Crippen molar-refractivity contribution in [1.82, 2.24) is 10.2 Å². The molecule has 36 heavy (non-hydrogen) atoms. The number of aliphatic hydroxyl groups is 1. The van der Waals surface area contributed by atoms with E-state index in [0.717, 1.165) is 36.2 Å². The molecule has 2 amide bonds. The van der Waals surface area contributed by atoms with Gasteiger partial charge in [0.2, 0.25) is 0 Å². The first-order valence-electron chi connectivity index (χ1n) is 13.1. The Morgan fingerprint density at radius 1 is 1.08 bits per heavy atom. The molecule has 2 aromatic rings. The fourth-order valence-electron chi connectivity index (χ4n) is 5.16. The maximum absolute atomic E-state index is 11.9. The van der Waals surface area contributed by atoms with Crippen LogP contribution in [0.3, 0.4) is 0 Å². The molecule has 7 nitrogen and oxygen atoms in total. The Morgan fingerprint density at radius 3 is 2.42 bits per heavy atom. The first kappa shape index (κ1) is 26.4. The molecule has 4 rings (SSSR count). The summed E-state index contributed by atoms with van der Waals surface area (Å²) in [4.78, 5) is 14.4. The molecule has 1 aliphatic carbocycles. The maximum atomic E-state index is 11.9. The molecule has 194 valence electrons.